The molecule has 0 aliphatic rings. The number of hydrogen-bond donors (Lipinski definition) is 2. The van der Waals surface area contributed by atoms with Crippen molar-refractivity contribution in [2.45, 2.75) is 44.7 Å². The minimum Gasteiger partial charge on any atom is -0.484 e. The number of carbonyl (C=O) groups excluding carboxylic acids is 1. The van der Waals surface area contributed by atoms with Crippen LogP contribution in [0, 0.1) is 0 Å². The van der Waals surface area contributed by atoms with Gasteiger partial charge in [-0.05, 0) is 76.2 Å². The average molecular weight is 480 g/mol. The summed E-state index contributed by atoms with van der Waals surface area (Å²) in [6, 6.07) is 20.1. The first-order valence-electron chi connectivity index (χ1n) is 11.1. The van der Waals surface area contributed by atoms with Gasteiger partial charge < -0.3 is 14.6 Å². The molecule has 34 heavy (non-hydrogen) atoms. The summed E-state index contributed by atoms with van der Waals surface area (Å²) in [5.74, 6) is 0.107. The fraction of sp³-hybridized carbons (Fsp3) is 0.269. The maximum Gasteiger partial charge on any atom is 0.262 e. The van der Waals surface area contributed by atoms with Gasteiger partial charge in [-0.1, -0.05) is 18.2 Å². The van der Waals surface area contributed by atoms with Crippen LogP contribution in [0.15, 0.2) is 71.6 Å². The number of para-hydroxylation sites is 1. The fourth-order valence-corrected chi connectivity index (χ4v) is 5.41. The van der Waals surface area contributed by atoms with E-state index in [1.165, 1.54) is 24.3 Å². The predicted octanol–water partition coefficient (Wildman–Crippen LogP) is 4.91. The third-order valence-corrected chi connectivity index (χ3v) is 7.09. The van der Waals surface area contributed by atoms with Crippen molar-refractivity contribution in [3.63, 3.8) is 0 Å². The van der Waals surface area contributed by atoms with Crippen LogP contribution in [0.2, 0.25) is 0 Å². The monoisotopic (exact) mass is 479 g/mol. The summed E-state index contributed by atoms with van der Waals surface area (Å²) in [5.41, 5.74) is 2.39. The van der Waals surface area contributed by atoms with E-state index in [4.69, 9.17) is 4.74 Å². The normalized spacial score (nSPS) is 12.2. The Morgan fingerprint density at radius 1 is 0.941 bits per heavy atom. The van der Waals surface area contributed by atoms with Crippen LogP contribution in [0.25, 0.3) is 21.8 Å². The number of anilines is 1. The van der Waals surface area contributed by atoms with Crippen LogP contribution in [0.1, 0.15) is 27.7 Å². The Hall–Kier alpha value is -3.36. The number of ether oxygens (including phenoxy) is 1. The van der Waals surface area contributed by atoms with Gasteiger partial charge in [-0.3, -0.25) is 4.79 Å². The summed E-state index contributed by atoms with van der Waals surface area (Å²) in [4.78, 5) is 12.6. The number of amides is 1. The molecule has 0 saturated carbocycles. The standard InChI is InChI=1S/C26H29N3O4S/c1-5-29-23-9-7-6-8-21(23)22-16-18(10-15-24(22)29)27-25(30)17-33-19-11-13-20(14-12-19)34(31,32)28-26(2,3)4/h6-16,28H,5,17H2,1-4H3,(H,27,30). The summed E-state index contributed by atoms with van der Waals surface area (Å²) < 4.78 is 35.2. The van der Waals surface area contributed by atoms with Crippen molar-refractivity contribution < 1.29 is 17.9 Å². The second-order valence-corrected chi connectivity index (χ2v) is 10.8. The molecule has 0 unspecified atom stereocenters. The van der Waals surface area contributed by atoms with Gasteiger partial charge in [-0.25, -0.2) is 13.1 Å². The van der Waals surface area contributed by atoms with E-state index in [1.54, 1.807) is 20.8 Å². The molecule has 0 spiro atoms. The number of sulfonamides is 1. The van der Waals surface area contributed by atoms with Crippen molar-refractivity contribution in [2.75, 3.05) is 11.9 Å². The second-order valence-electron chi connectivity index (χ2n) is 9.16. The number of benzene rings is 3. The number of nitrogens with one attached hydrogen (secondary N) is 2. The van der Waals surface area contributed by atoms with Gasteiger partial charge >= 0.3 is 0 Å². The Balaban J connectivity index is 1.43. The quantitative estimate of drug-likeness (QED) is 0.394. The van der Waals surface area contributed by atoms with Gasteiger partial charge in [0.15, 0.2) is 6.61 Å². The first kappa shape index (κ1) is 23.8. The van der Waals surface area contributed by atoms with Gasteiger partial charge in [0.05, 0.1) is 4.90 Å². The number of hydrogen-bond acceptors (Lipinski definition) is 4. The van der Waals surface area contributed by atoms with Crippen molar-refractivity contribution in [1.29, 1.82) is 0 Å². The van der Waals surface area contributed by atoms with Gasteiger partial charge in [0, 0.05) is 39.6 Å². The summed E-state index contributed by atoms with van der Waals surface area (Å²) in [6.45, 7) is 8.11. The van der Waals surface area contributed by atoms with Crippen LogP contribution in [0.5, 0.6) is 5.75 Å². The van der Waals surface area contributed by atoms with Gasteiger partial charge in [0.1, 0.15) is 5.75 Å². The lowest BCUT2D eigenvalue weighted by atomic mass is 10.1. The Bertz CT molecular complexity index is 1450. The maximum atomic E-state index is 12.5. The van der Waals surface area contributed by atoms with Crippen molar-refractivity contribution >= 4 is 43.4 Å². The summed E-state index contributed by atoms with van der Waals surface area (Å²) in [7, 11) is -3.63. The van der Waals surface area contributed by atoms with Crippen LogP contribution in [-0.2, 0) is 21.4 Å². The second kappa shape index (κ2) is 9.12. The zero-order valence-corrected chi connectivity index (χ0v) is 20.6. The van der Waals surface area contributed by atoms with E-state index in [2.05, 4.69) is 33.7 Å². The van der Waals surface area contributed by atoms with Crippen molar-refractivity contribution in [2.24, 2.45) is 0 Å². The predicted molar refractivity (Wildman–Crippen MR) is 136 cm³/mol. The third kappa shape index (κ3) is 5.08. The molecule has 178 valence electrons. The average Bonchev–Trinajstić information content (AvgIpc) is 3.09. The maximum absolute atomic E-state index is 12.5. The van der Waals surface area contributed by atoms with Gasteiger partial charge in [-0.2, -0.15) is 0 Å². The van der Waals surface area contributed by atoms with E-state index in [1.807, 2.05) is 30.3 Å². The number of fused-ring (bicyclic) bond motifs is 3. The number of aryl methyl sites for hydroxylation is 1. The molecule has 4 aromatic rings. The van der Waals surface area contributed by atoms with Crippen molar-refractivity contribution in [1.82, 2.24) is 9.29 Å². The Kier molecular flexibility index (Phi) is 6.38. The molecular formula is C26H29N3O4S. The van der Waals surface area contributed by atoms with E-state index in [0.29, 0.717) is 11.4 Å². The topological polar surface area (TPSA) is 89.4 Å². The van der Waals surface area contributed by atoms with E-state index in [9.17, 15) is 13.2 Å². The molecule has 1 aromatic heterocycles. The van der Waals surface area contributed by atoms with Crippen LogP contribution in [0.4, 0.5) is 5.69 Å². The van der Waals surface area contributed by atoms with Crippen molar-refractivity contribution in [3.8, 4) is 5.75 Å². The molecule has 0 aliphatic carbocycles. The molecule has 1 heterocycles. The fourth-order valence-electron chi connectivity index (χ4n) is 4.00. The van der Waals surface area contributed by atoms with Crippen molar-refractivity contribution in [3.05, 3.63) is 66.7 Å². The highest BCUT2D eigenvalue weighted by molar-refractivity contribution is 7.89. The molecule has 0 bridgehead atoms. The molecule has 2 N–H and O–H groups in total. The lowest BCUT2D eigenvalue weighted by molar-refractivity contribution is -0.118. The van der Waals surface area contributed by atoms with Crippen LogP contribution < -0.4 is 14.8 Å². The molecule has 0 saturated heterocycles. The SMILES string of the molecule is CCn1c2ccccc2c2cc(NC(=O)COc3ccc(S(=O)(=O)NC(C)(C)C)cc3)ccc21. The van der Waals surface area contributed by atoms with Crippen LogP contribution >= 0.6 is 0 Å². The first-order chi connectivity index (χ1) is 16.1. The summed E-state index contributed by atoms with van der Waals surface area (Å²) in [5, 5.41) is 5.10. The minimum absolute atomic E-state index is 0.138. The number of nitrogens with zero attached hydrogens (tertiary/aromatic N) is 1. The van der Waals surface area contributed by atoms with Crippen LogP contribution in [0.3, 0.4) is 0 Å². The smallest absolute Gasteiger partial charge is 0.262 e. The summed E-state index contributed by atoms with van der Waals surface area (Å²) in [6.07, 6.45) is 0. The molecular weight excluding hydrogens is 450 g/mol. The molecule has 0 fully saturated rings. The lowest BCUT2D eigenvalue weighted by Crippen LogP contribution is -2.40. The first-order valence-corrected chi connectivity index (χ1v) is 12.6. The summed E-state index contributed by atoms with van der Waals surface area (Å²) >= 11 is 0. The van der Waals surface area contributed by atoms with E-state index in [-0.39, 0.29) is 17.4 Å². The number of carbonyl (C=O) groups is 1. The Morgan fingerprint density at radius 2 is 1.62 bits per heavy atom. The molecule has 0 radical (unpaired) electrons. The van der Waals surface area contributed by atoms with Gasteiger partial charge in [0.25, 0.3) is 5.91 Å². The zero-order valence-electron chi connectivity index (χ0n) is 19.8. The molecule has 0 atom stereocenters. The molecule has 4 rings (SSSR count). The molecule has 7 nitrogen and oxygen atoms in total. The highest BCUT2D eigenvalue weighted by Crippen LogP contribution is 2.31. The lowest BCUT2D eigenvalue weighted by Gasteiger charge is -2.20. The number of rotatable bonds is 7. The van der Waals surface area contributed by atoms with E-state index < -0.39 is 15.6 Å². The molecule has 8 heteroatoms. The van der Waals surface area contributed by atoms with E-state index in [0.717, 1.165) is 28.4 Å². The molecule has 1 amide bonds. The molecule has 3 aromatic carbocycles. The zero-order chi connectivity index (χ0) is 24.5. The highest BCUT2D eigenvalue weighted by atomic mass is 32.2. The van der Waals surface area contributed by atoms with Gasteiger partial charge in [-0.15, -0.1) is 0 Å². The highest BCUT2D eigenvalue weighted by Gasteiger charge is 2.22. The van der Waals surface area contributed by atoms with Crippen LogP contribution in [-0.4, -0.2) is 31.0 Å². The minimum atomic E-state index is -3.63. The Morgan fingerprint density at radius 3 is 2.29 bits per heavy atom. The number of aromatic nitrogens is 1. The third-order valence-electron chi connectivity index (χ3n) is 5.32. The Labute approximate surface area is 199 Å². The van der Waals surface area contributed by atoms with E-state index >= 15 is 0 Å². The molecule has 0 aliphatic heterocycles. The van der Waals surface area contributed by atoms with Gasteiger partial charge in [0.2, 0.25) is 10.0 Å². The largest absolute Gasteiger partial charge is 0.484 e.